The van der Waals surface area contributed by atoms with Gasteiger partial charge in [-0.1, -0.05) is 47.3 Å². The zero-order chi connectivity index (χ0) is 17.3. The van der Waals surface area contributed by atoms with Gasteiger partial charge in [0.1, 0.15) is 0 Å². The number of benzene rings is 1. The molecular weight excluding hydrogens is 288 g/mol. The van der Waals surface area contributed by atoms with Crippen LogP contribution in [0.4, 0.5) is 0 Å². The number of hydrogen-bond acceptors (Lipinski definition) is 3. The summed E-state index contributed by atoms with van der Waals surface area (Å²) in [6.07, 6.45) is 4.43. The first-order valence-corrected chi connectivity index (χ1v) is 7.18. The molecule has 0 aliphatic carbocycles. The lowest BCUT2D eigenvalue weighted by Gasteiger charge is -2.21. The summed E-state index contributed by atoms with van der Waals surface area (Å²) in [4.78, 5) is 12.0. The van der Waals surface area contributed by atoms with Gasteiger partial charge in [0, 0.05) is 18.4 Å². The Morgan fingerprint density at radius 3 is 2.48 bits per heavy atom. The number of aliphatic hydroxyl groups excluding tert-OH is 1. The molecule has 0 amide bonds. The highest BCUT2D eigenvalue weighted by Gasteiger charge is 2.32. The Bertz CT molecular complexity index is 702. The van der Waals surface area contributed by atoms with Gasteiger partial charge < -0.3 is 9.84 Å². The van der Waals surface area contributed by atoms with E-state index in [9.17, 15) is 9.90 Å². The summed E-state index contributed by atoms with van der Waals surface area (Å²) in [5.41, 5.74) is 1.18. The van der Waals surface area contributed by atoms with Gasteiger partial charge in [0.15, 0.2) is 6.10 Å². The lowest BCUT2D eigenvalue weighted by atomic mass is 9.83. The zero-order valence-corrected chi connectivity index (χ0v) is 13.6. The van der Waals surface area contributed by atoms with E-state index < -0.39 is 11.5 Å². The van der Waals surface area contributed by atoms with Crippen molar-refractivity contribution in [3.05, 3.63) is 35.4 Å². The van der Waals surface area contributed by atoms with Crippen molar-refractivity contribution in [2.45, 2.75) is 32.8 Å². The predicted octanol–water partition coefficient (Wildman–Crippen LogP) is 2.30. The van der Waals surface area contributed by atoms with Gasteiger partial charge in [-0.05, 0) is 26.0 Å². The minimum Gasteiger partial charge on any atom is -0.469 e. The summed E-state index contributed by atoms with van der Waals surface area (Å²) in [6.45, 7) is 3.74. The van der Waals surface area contributed by atoms with Crippen LogP contribution in [0.5, 0.6) is 0 Å². The second kappa shape index (κ2) is 8.70. The van der Waals surface area contributed by atoms with Crippen molar-refractivity contribution in [3.8, 4) is 36.0 Å². The highest BCUT2D eigenvalue weighted by molar-refractivity contribution is 5.77. The summed E-state index contributed by atoms with van der Waals surface area (Å²) in [7, 11) is 1.33. The molecule has 118 valence electrons. The topological polar surface area (TPSA) is 46.5 Å². The van der Waals surface area contributed by atoms with E-state index in [-0.39, 0.29) is 12.4 Å². The molecule has 3 nitrogen and oxygen atoms in total. The molecule has 1 aromatic rings. The Kier molecular flexibility index (Phi) is 6.95. The number of terminal acetylenes is 1. The van der Waals surface area contributed by atoms with Crippen molar-refractivity contribution < 1.29 is 14.6 Å². The van der Waals surface area contributed by atoms with Crippen LogP contribution in [0.15, 0.2) is 24.3 Å². The summed E-state index contributed by atoms with van der Waals surface area (Å²) < 4.78 is 4.84. The molecule has 0 bridgehead atoms. The van der Waals surface area contributed by atoms with Gasteiger partial charge in [-0.15, -0.1) is 6.42 Å². The molecule has 1 N–H and O–H groups in total. The molecular formula is C20H20O3. The number of carbonyl (C=O) groups excluding carboxylic acids is 1. The van der Waals surface area contributed by atoms with E-state index in [1.54, 1.807) is 6.92 Å². The maximum atomic E-state index is 12.0. The molecule has 1 aromatic carbocycles. The Labute approximate surface area is 138 Å². The van der Waals surface area contributed by atoms with Crippen LogP contribution in [0.2, 0.25) is 0 Å². The Morgan fingerprint density at radius 2 is 1.91 bits per heavy atom. The zero-order valence-electron chi connectivity index (χ0n) is 13.6. The normalized spacial score (nSPS) is 13.2. The van der Waals surface area contributed by atoms with Crippen molar-refractivity contribution in [1.82, 2.24) is 0 Å². The van der Waals surface area contributed by atoms with Gasteiger partial charge in [-0.25, -0.2) is 0 Å². The molecule has 0 fully saturated rings. The van der Waals surface area contributed by atoms with E-state index in [2.05, 4.69) is 29.6 Å². The van der Waals surface area contributed by atoms with Crippen molar-refractivity contribution in [3.63, 3.8) is 0 Å². The number of esters is 1. The third kappa shape index (κ3) is 5.91. The summed E-state index contributed by atoms with van der Waals surface area (Å²) in [5, 5.41) is 9.24. The molecule has 0 aliphatic heterocycles. The van der Waals surface area contributed by atoms with Gasteiger partial charge in [0.25, 0.3) is 0 Å². The predicted molar refractivity (Wildman–Crippen MR) is 90.0 cm³/mol. The van der Waals surface area contributed by atoms with Gasteiger partial charge in [-0.3, -0.25) is 4.79 Å². The first-order chi connectivity index (χ1) is 10.9. The molecule has 3 heteroatoms. The van der Waals surface area contributed by atoms with Crippen LogP contribution >= 0.6 is 0 Å². The molecule has 0 saturated carbocycles. The minimum absolute atomic E-state index is 0.209. The summed E-state index contributed by atoms with van der Waals surface area (Å²) in [5.74, 6) is 13.0. The SMILES string of the molecule is C#CC(O)C#CCC(C)(CC#Cc1ccc(C)cc1)C(=O)OC. The summed E-state index contributed by atoms with van der Waals surface area (Å²) >= 11 is 0. The van der Waals surface area contributed by atoms with Gasteiger partial charge in [0.05, 0.1) is 12.5 Å². The number of aliphatic hydroxyl groups is 1. The second-order valence-corrected chi connectivity index (χ2v) is 5.46. The van der Waals surface area contributed by atoms with E-state index in [0.717, 1.165) is 11.1 Å². The van der Waals surface area contributed by atoms with E-state index >= 15 is 0 Å². The third-order valence-electron chi connectivity index (χ3n) is 3.32. The first-order valence-electron chi connectivity index (χ1n) is 7.18. The van der Waals surface area contributed by atoms with Crippen LogP contribution in [0, 0.1) is 48.4 Å². The second-order valence-electron chi connectivity index (χ2n) is 5.46. The molecule has 1 rings (SSSR count). The largest absolute Gasteiger partial charge is 0.469 e. The smallest absolute Gasteiger partial charge is 0.313 e. The standard InChI is InChI=1S/C20H20O3/c1-5-18(21)9-7-15-20(3,19(22)23-4)14-6-8-17-12-10-16(2)11-13-17/h1,10-13,18,21H,14-15H2,2-4H3. The highest BCUT2D eigenvalue weighted by atomic mass is 16.5. The van der Waals surface area contributed by atoms with Crippen molar-refractivity contribution in [1.29, 1.82) is 0 Å². The molecule has 0 saturated heterocycles. The fourth-order valence-electron chi connectivity index (χ4n) is 1.82. The molecule has 2 atom stereocenters. The van der Waals surface area contributed by atoms with Gasteiger partial charge in [0.2, 0.25) is 0 Å². The van der Waals surface area contributed by atoms with Crippen LogP contribution in [0.25, 0.3) is 0 Å². The van der Waals surface area contributed by atoms with E-state index in [4.69, 9.17) is 11.2 Å². The fourth-order valence-corrected chi connectivity index (χ4v) is 1.82. The average molecular weight is 308 g/mol. The molecule has 0 heterocycles. The van der Waals surface area contributed by atoms with E-state index in [0.29, 0.717) is 6.42 Å². The van der Waals surface area contributed by atoms with Crippen LogP contribution in [-0.4, -0.2) is 24.3 Å². The van der Waals surface area contributed by atoms with Gasteiger partial charge in [-0.2, -0.15) is 0 Å². The Balaban J connectivity index is 2.86. The minimum atomic E-state index is -1.13. The molecule has 0 spiro atoms. The lowest BCUT2D eigenvalue weighted by molar-refractivity contribution is -0.151. The monoisotopic (exact) mass is 308 g/mol. The summed E-state index contributed by atoms with van der Waals surface area (Å²) in [6, 6.07) is 7.83. The van der Waals surface area contributed by atoms with Crippen LogP contribution in [0.3, 0.4) is 0 Å². The molecule has 0 aromatic heterocycles. The maximum absolute atomic E-state index is 12.0. The fraction of sp³-hybridized carbons (Fsp3) is 0.350. The molecule has 23 heavy (non-hydrogen) atoms. The molecule has 2 unspecified atom stereocenters. The number of carbonyl (C=O) groups is 1. The first kappa shape index (κ1) is 18.4. The molecule has 0 aliphatic rings. The third-order valence-corrected chi connectivity index (χ3v) is 3.32. The van der Waals surface area contributed by atoms with E-state index in [1.165, 1.54) is 7.11 Å². The average Bonchev–Trinajstić information content (AvgIpc) is 2.55. The van der Waals surface area contributed by atoms with Crippen molar-refractivity contribution in [2.24, 2.45) is 5.41 Å². The van der Waals surface area contributed by atoms with E-state index in [1.807, 2.05) is 31.2 Å². The van der Waals surface area contributed by atoms with Crippen molar-refractivity contribution >= 4 is 5.97 Å². The molecule has 0 radical (unpaired) electrons. The number of methoxy groups -OCH3 is 1. The van der Waals surface area contributed by atoms with Crippen LogP contribution < -0.4 is 0 Å². The quantitative estimate of drug-likeness (QED) is 0.688. The number of rotatable bonds is 3. The Hall–Kier alpha value is -2.67. The van der Waals surface area contributed by atoms with Crippen LogP contribution in [-0.2, 0) is 9.53 Å². The Morgan fingerprint density at radius 1 is 1.30 bits per heavy atom. The van der Waals surface area contributed by atoms with Gasteiger partial charge >= 0.3 is 5.97 Å². The van der Waals surface area contributed by atoms with Crippen molar-refractivity contribution in [2.75, 3.05) is 7.11 Å². The maximum Gasteiger partial charge on any atom is 0.313 e. The lowest BCUT2D eigenvalue weighted by Crippen LogP contribution is -2.28. The number of hydrogen-bond donors (Lipinski definition) is 1. The van der Waals surface area contributed by atoms with Crippen LogP contribution in [0.1, 0.15) is 30.9 Å². The number of ether oxygens (including phenoxy) is 1. The highest BCUT2D eigenvalue weighted by Crippen LogP contribution is 2.26. The number of aryl methyl sites for hydroxylation is 1.